The average molecular weight is 223 g/mol. The van der Waals surface area contributed by atoms with Gasteiger partial charge in [-0.2, -0.15) is 5.10 Å². The van der Waals surface area contributed by atoms with Gasteiger partial charge in [0.25, 0.3) is 0 Å². The van der Waals surface area contributed by atoms with Crippen molar-refractivity contribution in [3.63, 3.8) is 0 Å². The molecule has 0 saturated heterocycles. The van der Waals surface area contributed by atoms with Gasteiger partial charge in [0.2, 0.25) is 0 Å². The lowest BCUT2D eigenvalue weighted by Gasteiger charge is -2.21. The Morgan fingerprint density at radius 2 is 2.19 bits per heavy atom. The largest absolute Gasteiger partial charge is 0.477 e. The quantitative estimate of drug-likeness (QED) is 0.744. The van der Waals surface area contributed by atoms with Crippen molar-refractivity contribution in [1.29, 1.82) is 0 Å². The van der Waals surface area contributed by atoms with Gasteiger partial charge < -0.3 is 10.4 Å². The summed E-state index contributed by atoms with van der Waals surface area (Å²) < 4.78 is 1.63. The molecule has 1 aliphatic heterocycles. The molecule has 0 aliphatic carbocycles. The summed E-state index contributed by atoms with van der Waals surface area (Å²) in [7, 11) is 0. The van der Waals surface area contributed by atoms with E-state index in [0.717, 1.165) is 24.2 Å². The van der Waals surface area contributed by atoms with E-state index in [2.05, 4.69) is 10.4 Å². The molecule has 5 nitrogen and oxygen atoms in total. The molecule has 16 heavy (non-hydrogen) atoms. The standard InChI is InChI=1S/C11H17N3O2/c1-11(2,3)14-9(10(15)16)7-6-12-5-4-8(7)13-14/h12H,4-6H2,1-3H3,(H,15,16). The molecule has 88 valence electrons. The van der Waals surface area contributed by atoms with Gasteiger partial charge in [-0.1, -0.05) is 0 Å². The molecule has 0 amide bonds. The van der Waals surface area contributed by atoms with Crippen LogP contribution >= 0.6 is 0 Å². The number of aromatic carboxylic acids is 1. The van der Waals surface area contributed by atoms with Crippen LogP contribution in [0.25, 0.3) is 0 Å². The first kappa shape index (κ1) is 11.1. The van der Waals surface area contributed by atoms with E-state index in [0.29, 0.717) is 12.2 Å². The highest BCUT2D eigenvalue weighted by atomic mass is 16.4. The lowest BCUT2D eigenvalue weighted by Crippen LogP contribution is -2.28. The molecular formula is C11H17N3O2. The second-order valence-corrected chi connectivity index (χ2v) is 5.09. The number of carboxylic acid groups (broad SMARTS) is 1. The number of nitrogens with one attached hydrogen (secondary N) is 1. The van der Waals surface area contributed by atoms with E-state index in [1.165, 1.54) is 0 Å². The van der Waals surface area contributed by atoms with Crippen LogP contribution in [0.15, 0.2) is 0 Å². The molecule has 1 aromatic rings. The van der Waals surface area contributed by atoms with Crippen LogP contribution in [0.5, 0.6) is 0 Å². The third-order valence-electron chi connectivity index (χ3n) is 2.75. The summed E-state index contributed by atoms with van der Waals surface area (Å²) in [6.45, 7) is 7.36. The number of carbonyl (C=O) groups is 1. The van der Waals surface area contributed by atoms with Crippen molar-refractivity contribution in [2.45, 2.75) is 39.3 Å². The number of nitrogens with zero attached hydrogens (tertiary/aromatic N) is 2. The van der Waals surface area contributed by atoms with Crippen molar-refractivity contribution in [3.05, 3.63) is 17.0 Å². The smallest absolute Gasteiger partial charge is 0.354 e. The minimum absolute atomic E-state index is 0.301. The molecular weight excluding hydrogens is 206 g/mol. The maximum Gasteiger partial charge on any atom is 0.354 e. The molecule has 0 saturated carbocycles. The van der Waals surface area contributed by atoms with Gasteiger partial charge in [-0.25, -0.2) is 4.79 Å². The third-order valence-corrected chi connectivity index (χ3v) is 2.75. The van der Waals surface area contributed by atoms with Crippen molar-refractivity contribution in [3.8, 4) is 0 Å². The van der Waals surface area contributed by atoms with Gasteiger partial charge in [-0.05, 0) is 20.8 Å². The summed E-state index contributed by atoms with van der Waals surface area (Å²) in [6.07, 6.45) is 0.804. The zero-order chi connectivity index (χ0) is 11.9. The molecule has 0 spiro atoms. The van der Waals surface area contributed by atoms with Crippen molar-refractivity contribution in [2.75, 3.05) is 6.54 Å². The number of hydrogen-bond acceptors (Lipinski definition) is 3. The van der Waals surface area contributed by atoms with Crippen LogP contribution in [-0.4, -0.2) is 27.4 Å². The van der Waals surface area contributed by atoms with E-state index in [4.69, 9.17) is 0 Å². The molecule has 0 radical (unpaired) electrons. The lowest BCUT2D eigenvalue weighted by molar-refractivity contribution is 0.0673. The number of rotatable bonds is 1. The van der Waals surface area contributed by atoms with Crippen LogP contribution in [0.3, 0.4) is 0 Å². The summed E-state index contributed by atoms with van der Waals surface area (Å²) in [5, 5.41) is 16.9. The molecule has 1 aromatic heterocycles. The highest BCUT2D eigenvalue weighted by Gasteiger charge is 2.29. The van der Waals surface area contributed by atoms with Crippen LogP contribution in [0.4, 0.5) is 0 Å². The first-order valence-electron chi connectivity index (χ1n) is 5.46. The molecule has 0 atom stereocenters. The maximum absolute atomic E-state index is 11.3. The molecule has 5 heteroatoms. The van der Waals surface area contributed by atoms with Crippen molar-refractivity contribution < 1.29 is 9.90 Å². The highest BCUT2D eigenvalue weighted by molar-refractivity contribution is 5.88. The summed E-state index contributed by atoms with van der Waals surface area (Å²) in [5.74, 6) is -0.896. The van der Waals surface area contributed by atoms with Crippen LogP contribution in [0.1, 0.15) is 42.5 Å². The summed E-state index contributed by atoms with van der Waals surface area (Å²) in [4.78, 5) is 11.3. The SMILES string of the molecule is CC(C)(C)n1nc2c(c1C(=O)O)CNCC2. The summed E-state index contributed by atoms with van der Waals surface area (Å²) >= 11 is 0. The van der Waals surface area contributed by atoms with Crippen LogP contribution in [0.2, 0.25) is 0 Å². The number of hydrogen-bond donors (Lipinski definition) is 2. The van der Waals surface area contributed by atoms with Crippen molar-refractivity contribution in [1.82, 2.24) is 15.1 Å². The Labute approximate surface area is 94.5 Å². The number of fused-ring (bicyclic) bond motifs is 1. The summed E-state index contributed by atoms with van der Waals surface area (Å²) in [6, 6.07) is 0. The molecule has 0 bridgehead atoms. The topological polar surface area (TPSA) is 67.2 Å². The van der Waals surface area contributed by atoms with E-state index in [-0.39, 0.29) is 5.54 Å². The zero-order valence-corrected chi connectivity index (χ0v) is 9.87. The minimum atomic E-state index is -0.896. The van der Waals surface area contributed by atoms with E-state index in [1.807, 2.05) is 20.8 Å². The van der Waals surface area contributed by atoms with Crippen LogP contribution < -0.4 is 5.32 Å². The second kappa shape index (κ2) is 3.59. The molecule has 0 aromatic carbocycles. The molecule has 2 rings (SSSR count). The van der Waals surface area contributed by atoms with Gasteiger partial charge in [-0.3, -0.25) is 4.68 Å². The highest BCUT2D eigenvalue weighted by Crippen LogP contribution is 2.24. The van der Waals surface area contributed by atoms with Gasteiger partial charge in [0.05, 0.1) is 11.2 Å². The Kier molecular flexibility index (Phi) is 2.50. The normalized spacial score (nSPS) is 15.9. The van der Waals surface area contributed by atoms with Crippen LogP contribution in [0, 0.1) is 0 Å². The fourth-order valence-electron chi connectivity index (χ4n) is 2.01. The molecule has 0 unspecified atom stereocenters. The lowest BCUT2D eigenvalue weighted by atomic mass is 10.1. The Morgan fingerprint density at radius 3 is 2.75 bits per heavy atom. The zero-order valence-electron chi connectivity index (χ0n) is 9.87. The van der Waals surface area contributed by atoms with E-state index < -0.39 is 5.97 Å². The monoisotopic (exact) mass is 223 g/mol. The van der Waals surface area contributed by atoms with Crippen molar-refractivity contribution in [2.24, 2.45) is 0 Å². The predicted octanol–water partition coefficient (Wildman–Crippen LogP) is 0.982. The second-order valence-electron chi connectivity index (χ2n) is 5.09. The van der Waals surface area contributed by atoms with E-state index in [9.17, 15) is 9.90 Å². The molecule has 2 heterocycles. The first-order valence-corrected chi connectivity index (χ1v) is 5.46. The number of carboxylic acids is 1. The van der Waals surface area contributed by atoms with E-state index in [1.54, 1.807) is 4.68 Å². The fraction of sp³-hybridized carbons (Fsp3) is 0.636. The first-order chi connectivity index (χ1) is 7.41. The van der Waals surface area contributed by atoms with Gasteiger partial charge in [0.1, 0.15) is 0 Å². The summed E-state index contributed by atoms with van der Waals surface area (Å²) in [5.41, 5.74) is 1.79. The van der Waals surface area contributed by atoms with Gasteiger partial charge in [0.15, 0.2) is 5.69 Å². The molecule has 0 fully saturated rings. The molecule has 2 N–H and O–H groups in total. The van der Waals surface area contributed by atoms with Crippen LogP contribution in [-0.2, 0) is 18.5 Å². The maximum atomic E-state index is 11.3. The predicted molar refractivity (Wildman–Crippen MR) is 59.6 cm³/mol. The average Bonchev–Trinajstić information content (AvgIpc) is 2.55. The van der Waals surface area contributed by atoms with Gasteiger partial charge in [0, 0.05) is 25.1 Å². The Bertz CT molecular complexity index is 429. The minimum Gasteiger partial charge on any atom is -0.477 e. The Morgan fingerprint density at radius 1 is 1.50 bits per heavy atom. The van der Waals surface area contributed by atoms with Gasteiger partial charge in [-0.15, -0.1) is 0 Å². The third kappa shape index (κ3) is 1.71. The number of aromatic nitrogens is 2. The van der Waals surface area contributed by atoms with E-state index >= 15 is 0 Å². The Hall–Kier alpha value is -1.36. The fourth-order valence-corrected chi connectivity index (χ4v) is 2.01. The van der Waals surface area contributed by atoms with Gasteiger partial charge >= 0.3 is 5.97 Å². The van der Waals surface area contributed by atoms with Crippen molar-refractivity contribution >= 4 is 5.97 Å². The molecule has 1 aliphatic rings. The Balaban J connectivity index is 2.61.